The monoisotopic (exact) mass is 627 g/mol. The molecule has 0 bridgehead atoms. The highest BCUT2D eigenvalue weighted by atomic mass is 32.2. The van der Waals surface area contributed by atoms with Gasteiger partial charge in [-0.25, -0.2) is 27.6 Å². The molecule has 11 nitrogen and oxygen atoms in total. The molecule has 45 heavy (non-hydrogen) atoms. The van der Waals surface area contributed by atoms with Crippen molar-refractivity contribution < 1.29 is 22.3 Å². The van der Waals surface area contributed by atoms with Crippen LogP contribution in [0, 0.1) is 17.1 Å². The number of fused-ring (bicyclic) bond motifs is 1. The second-order valence-corrected chi connectivity index (χ2v) is 13.4. The maximum Gasteiger partial charge on any atom is 0.336 e. The Morgan fingerprint density at radius 3 is 2.56 bits per heavy atom. The predicted octanol–water partition coefficient (Wildman–Crippen LogP) is 4.31. The number of rotatable bonds is 9. The Kier molecular flexibility index (Phi) is 7.50. The smallest absolute Gasteiger partial charge is 0.336 e. The van der Waals surface area contributed by atoms with E-state index < -0.39 is 32.9 Å². The molecule has 1 atom stereocenters. The van der Waals surface area contributed by atoms with Gasteiger partial charge >= 0.3 is 5.97 Å². The van der Waals surface area contributed by atoms with Crippen molar-refractivity contribution in [1.29, 1.82) is 5.26 Å². The fourth-order valence-corrected chi connectivity index (χ4v) is 7.18. The average Bonchev–Trinajstić information content (AvgIpc) is 3.70. The van der Waals surface area contributed by atoms with Gasteiger partial charge < -0.3 is 9.30 Å². The summed E-state index contributed by atoms with van der Waals surface area (Å²) in [5.41, 5.74) is 0.743. The van der Waals surface area contributed by atoms with Gasteiger partial charge in [0.05, 0.1) is 37.2 Å². The second kappa shape index (κ2) is 11.2. The first-order valence-electron chi connectivity index (χ1n) is 14.2. The van der Waals surface area contributed by atoms with Gasteiger partial charge in [0.1, 0.15) is 23.3 Å². The molecule has 1 aliphatic heterocycles. The molecule has 1 aliphatic rings. The summed E-state index contributed by atoms with van der Waals surface area (Å²) in [6.45, 7) is 3.52. The Morgan fingerprint density at radius 2 is 1.89 bits per heavy atom. The highest BCUT2D eigenvalue weighted by Crippen LogP contribution is 2.38. The van der Waals surface area contributed by atoms with Crippen LogP contribution in [0.3, 0.4) is 0 Å². The molecular weight excluding hydrogens is 597 g/mol. The molecule has 0 radical (unpaired) electrons. The van der Waals surface area contributed by atoms with Crippen molar-refractivity contribution in [2.24, 2.45) is 0 Å². The van der Waals surface area contributed by atoms with E-state index in [0.29, 0.717) is 39.0 Å². The molecule has 0 aliphatic carbocycles. The molecule has 0 saturated carbocycles. The summed E-state index contributed by atoms with van der Waals surface area (Å²) in [5, 5.41) is 14.6. The Balaban J connectivity index is 1.40. The van der Waals surface area contributed by atoms with Crippen LogP contribution in [0.5, 0.6) is 0 Å². The summed E-state index contributed by atoms with van der Waals surface area (Å²) in [6, 6.07) is 17.8. The van der Waals surface area contributed by atoms with Crippen LogP contribution in [-0.4, -0.2) is 69.0 Å². The number of halogens is 1. The van der Waals surface area contributed by atoms with Crippen LogP contribution in [0.25, 0.3) is 33.4 Å². The number of carbonyl (C=O) groups is 1. The fraction of sp³-hybridized carbons (Fsp3) is 0.281. The van der Waals surface area contributed by atoms with Gasteiger partial charge in [0.2, 0.25) is 10.0 Å². The third-order valence-corrected chi connectivity index (χ3v) is 10.4. The van der Waals surface area contributed by atoms with Gasteiger partial charge in [-0.1, -0.05) is 42.5 Å². The van der Waals surface area contributed by atoms with E-state index in [1.165, 1.54) is 23.8 Å². The van der Waals surface area contributed by atoms with Crippen molar-refractivity contribution in [3.8, 4) is 28.5 Å². The first-order valence-corrected chi connectivity index (χ1v) is 15.9. The van der Waals surface area contributed by atoms with E-state index in [1.54, 1.807) is 59.9 Å². The third-order valence-electron chi connectivity index (χ3n) is 8.61. The molecule has 1 unspecified atom stereocenters. The lowest BCUT2D eigenvalue weighted by molar-refractivity contribution is -0.148. The second-order valence-electron chi connectivity index (χ2n) is 11.2. The first-order chi connectivity index (χ1) is 21.6. The molecule has 3 aromatic heterocycles. The van der Waals surface area contributed by atoms with E-state index in [1.807, 2.05) is 30.3 Å². The SMILES string of the molecule is CCS(=O)(=O)N1CC(CC#N)(n2cc(-c3ncnc4c3ccn4C(C)(C(=O)OC)c3ccc(-c4ccccc4)c(F)c3)cn2)C1. The summed E-state index contributed by atoms with van der Waals surface area (Å²) in [7, 11) is -2.12. The molecule has 1 saturated heterocycles. The van der Waals surface area contributed by atoms with Crippen LogP contribution in [0.15, 0.2) is 79.5 Å². The van der Waals surface area contributed by atoms with Crippen molar-refractivity contribution >= 4 is 27.0 Å². The minimum atomic E-state index is -3.40. The lowest BCUT2D eigenvalue weighted by Crippen LogP contribution is -2.64. The van der Waals surface area contributed by atoms with Gasteiger partial charge in [0.15, 0.2) is 5.54 Å². The van der Waals surface area contributed by atoms with Gasteiger partial charge in [-0.15, -0.1) is 0 Å². The molecule has 0 spiro atoms. The highest BCUT2D eigenvalue weighted by Gasteiger charge is 2.50. The number of benzene rings is 2. The fourth-order valence-electron chi connectivity index (χ4n) is 5.94. The summed E-state index contributed by atoms with van der Waals surface area (Å²) in [4.78, 5) is 22.4. The number of sulfonamides is 1. The number of methoxy groups -OCH3 is 1. The van der Waals surface area contributed by atoms with Gasteiger partial charge in [-0.3, -0.25) is 4.68 Å². The van der Waals surface area contributed by atoms with Crippen LogP contribution in [-0.2, 0) is 30.6 Å². The van der Waals surface area contributed by atoms with Crippen molar-refractivity contribution in [3.05, 3.63) is 90.9 Å². The summed E-state index contributed by atoms with van der Waals surface area (Å²) >= 11 is 0. The van der Waals surface area contributed by atoms with E-state index in [0.717, 1.165) is 0 Å². The number of hydrogen-bond donors (Lipinski definition) is 0. The lowest BCUT2D eigenvalue weighted by atomic mass is 9.89. The summed E-state index contributed by atoms with van der Waals surface area (Å²) in [5.74, 6) is -1.13. The average molecular weight is 628 g/mol. The zero-order chi connectivity index (χ0) is 32.0. The number of ether oxygens (including phenoxy) is 1. The molecule has 0 N–H and O–H groups in total. The maximum atomic E-state index is 15.5. The molecule has 13 heteroatoms. The first kappa shape index (κ1) is 30.1. The molecule has 1 fully saturated rings. The highest BCUT2D eigenvalue weighted by molar-refractivity contribution is 7.89. The Labute approximate surface area is 259 Å². The quantitative estimate of drug-likeness (QED) is 0.221. The van der Waals surface area contributed by atoms with E-state index in [2.05, 4.69) is 21.1 Å². The summed E-state index contributed by atoms with van der Waals surface area (Å²) in [6.07, 6.45) is 6.47. The van der Waals surface area contributed by atoms with Crippen LogP contribution in [0.1, 0.15) is 25.8 Å². The van der Waals surface area contributed by atoms with Crippen LogP contribution in [0.4, 0.5) is 4.39 Å². The third kappa shape index (κ3) is 4.86. The zero-order valence-corrected chi connectivity index (χ0v) is 25.7. The van der Waals surface area contributed by atoms with E-state index in [9.17, 15) is 18.5 Å². The number of hydrogen-bond acceptors (Lipinski definition) is 8. The number of carbonyl (C=O) groups excluding carboxylic acids is 1. The minimum absolute atomic E-state index is 0.0236. The van der Waals surface area contributed by atoms with Crippen LogP contribution < -0.4 is 0 Å². The topological polar surface area (TPSA) is 136 Å². The number of aromatic nitrogens is 5. The van der Waals surface area contributed by atoms with E-state index >= 15 is 4.39 Å². The van der Waals surface area contributed by atoms with Gasteiger partial charge in [0.25, 0.3) is 0 Å². The predicted molar refractivity (Wildman–Crippen MR) is 165 cm³/mol. The maximum absolute atomic E-state index is 15.5. The Bertz CT molecular complexity index is 2060. The molecule has 5 aromatic rings. The van der Waals surface area contributed by atoms with E-state index in [4.69, 9.17) is 4.74 Å². The Morgan fingerprint density at radius 1 is 1.13 bits per heavy atom. The van der Waals surface area contributed by atoms with Gasteiger partial charge in [-0.2, -0.15) is 14.7 Å². The standard InChI is InChI=1S/C32H30FN7O4S/c1-4-45(42,43)38-19-32(20-38,13-14-34)40-18-23(17-37-40)28-26-12-15-39(29(26)36-21-35-28)31(2,30(41)44-3)24-10-11-25(27(33)16-24)22-8-6-5-7-9-22/h5-12,15-18,21H,4,13,19-20H2,1-3H3. The van der Waals surface area contributed by atoms with Crippen molar-refractivity contribution in [2.75, 3.05) is 26.0 Å². The van der Waals surface area contributed by atoms with Gasteiger partial charge in [-0.05, 0) is 37.1 Å². The minimum Gasteiger partial charge on any atom is -0.467 e. The van der Waals surface area contributed by atoms with Crippen LogP contribution >= 0.6 is 0 Å². The molecule has 6 rings (SSSR count). The Hall–Kier alpha value is -4.93. The van der Waals surface area contributed by atoms with Crippen molar-refractivity contribution in [3.63, 3.8) is 0 Å². The zero-order valence-electron chi connectivity index (χ0n) is 24.9. The molecule has 2 aromatic carbocycles. The number of nitriles is 1. The molecule has 4 heterocycles. The van der Waals surface area contributed by atoms with Gasteiger partial charge in [0, 0.05) is 42.0 Å². The molecule has 0 amide bonds. The molecular formula is C32H30FN7O4S. The lowest BCUT2D eigenvalue weighted by Gasteiger charge is -2.47. The largest absolute Gasteiger partial charge is 0.467 e. The normalized spacial score (nSPS) is 16.1. The van der Waals surface area contributed by atoms with Crippen molar-refractivity contribution in [2.45, 2.75) is 31.3 Å². The van der Waals surface area contributed by atoms with Crippen molar-refractivity contribution in [1.82, 2.24) is 28.6 Å². The molecule has 230 valence electrons. The number of esters is 1. The summed E-state index contributed by atoms with van der Waals surface area (Å²) < 4.78 is 50.1. The van der Waals surface area contributed by atoms with E-state index in [-0.39, 0.29) is 25.3 Å². The van der Waals surface area contributed by atoms with Crippen LogP contribution in [0.2, 0.25) is 0 Å². The number of nitrogens with zero attached hydrogens (tertiary/aromatic N) is 7.